The molecule has 0 fully saturated rings. The number of hydrogen-bond acceptors (Lipinski definition) is 2. The first-order chi connectivity index (χ1) is 9.97. The molecule has 4 heteroatoms. The smallest absolute Gasteiger partial charge is 0.335 e. The molecule has 0 bridgehead atoms. The Hall–Kier alpha value is -2.20. The molecule has 0 aromatic heterocycles. The number of aromatic carboxylic acids is 1. The van der Waals surface area contributed by atoms with Gasteiger partial charge in [0, 0.05) is 13.1 Å². The molecule has 0 unspecified atom stereocenters. The highest BCUT2D eigenvalue weighted by Crippen LogP contribution is 2.14. The molecule has 3 nitrogen and oxygen atoms in total. The second-order valence-electron chi connectivity index (χ2n) is 5.15. The molecule has 2 aromatic carbocycles. The van der Waals surface area contributed by atoms with Crippen molar-refractivity contribution in [1.82, 2.24) is 5.32 Å². The van der Waals surface area contributed by atoms with Crippen LogP contribution in [0.4, 0.5) is 4.39 Å². The fourth-order valence-corrected chi connectivity index (χ4v) is 2.30. The Morgan fingerprint density at radius 3 is 2.33 bits per heavy atom. The predicted molar refractivity (Wildman–Crippen MR) is 79.8 cm³/mol. The van der Waals surface area contributed by atoms with E-state index >= 15 is 0 Å². The van der Waals surface area contributed by atoms with Gasteiger partial charge >= 0.3 is 5.97 Å². The largest absolute Gasteiger partial charge is 0.478 e. The van der Waals surface area contributed by atoms with Crippen molar-refractivity contribution in [1.29, 1.82) is 0 Å². The molecular weight excluding hydrogens is 269 g/mol. The quantitative estimate of drug-likeness (QED) is 0.885. The van der Waals surface area contributed by atoms with Gasteiger partial charge in [0.2, 0.25) is 0 Å². The summed E-state index contributed by atoms with van der Waals surface area (Å²) in [7, 11) is 0. The molecular formula is C17H18FNO2. The van der Waals surface area contributed by atoms with Crippen molar-refractivity contribution < 1.29 is 14.3 Å². The monoisotopic (exact) mass is 287 g/mol. The summed E-state index contributed by atoms with van der Waals surface area (Å²) < 4.78 is 13.5. The molecule has 2 rings (SSSR count). The van der Waals surface area contributed by atoms with E-state index in [-0.39, 0.29) is 11.4 Å². The van der Waals surface area contributed by atoms with Crippen LogP contribution in [0, 0.1) is 19.7 Å². The van der Waals surface area contributed by atoms with Gasteiger partial charge in [-0.1, -0.05) is 24.3 Å². The lowest BCUT2D eigenvalue weighted by molar-refractivity contribution is 0.0696. The first-order valence-electron chi connectivity index (χ1n) is 6.76. The van der Waals surface area contributed by atoms with E-state index in [4.69, 9.17) is 5.11 Å². The number of hydrogen-bond donors (Lipinski definition) is 2. The maximum atomic E-state index is 13.5. The van der Waals surface area contributed by atoms with E-state index in [1.165, 1.54) is 0 Å². The lowest BCUT2D eigenvalue weighted by Gasteiger charge is -2.09. The van der Waals surface area contributed by atoms with Crippen molar-refractivity contribution in [3.05, 3.63) is 70.0 Å². The van der Waals surface area contributed by atoms with Crippen molar-refractivity contribution in [3.8, 4) is 0 Å². The number of nitrogens with one attached hydrogen (secondary N) is 1. The standard InChI is InChI=1S/C17H18FNO2/c1-11-6-14(7-12(2)16(11)18)10-19-9-13-4-3-5-15(8-13)17(20)21/h3-8,19H,9-10H2,1-2H3,(H,20,21). The van der Waals surface area contributed by atoms with Gasteiger partial charge < -0.3 is 10.4 Å². The molecule has 0 atom stereocenters. The fourth-order valence-electron chi connectivity index (χ4n) is 2.30. The van der Waals surface area contributed by atoms with Crippen LogP contribution in [-0.4, -0.2) is 11.1 Å². The molecule has 110 valence electrons. The average molecular weight is 287 g/mol. The SMILES string of the molecule is Cc1cc(CNCc2cccc(C(=O)O)c2)cc(C)c1F. The Morgan fingerprint density at radius 1 is 1.10 bits per heavy atom. The first kappa shape index (κ1) is 15.2. The third-order valence-electron chi connectivity index (χ3n) is 3.33. The number of carbonyl (C=O) groups is 1. The molecule has 2 aromatic rings. The van der Waals surface area contributed by atoms with Crippen LogP contribution < -0.4 is 5.32 Å². The van der Waals surface area contributed by atoms with Crippen LogP contribution in [0.15, 0.2) is 36.4 Å². The van der Waals surface area contributed by atoms with E-state index in [9.17, 15) is 9.18 Å². The lowest BCUT2D eigenvalue weighted by Crippen LogP contribution is -2.13. The maximum Gasteiger partial charge on any atom is 0.335 e. The molecule has 0 aliphatic rings. The zero-order valence-corrected chi connectivity index (χ0v) is 12.1. The third-order valence-corrected chi connectivity index (χ3v) is 3.33. The van der Waals surface area contributed by atoms with Crippen LogP contribution in [0.1, 0.15) is 32.6 Å². The van der Waals surface area contributed by atoms with Gasteiger partial charge in [0.05, 0.1) is 5.56 Å². The zero-order chi connectivity index (χ0) is 15.4. The number of benzene rings is 2. The van der Waals surface area contributed by atoms with E-state index in [1.54, 1.807) is 32.0 Å². The second-order valence-corrected chi connectivity index (χ2v) is 5.15. The summed E-state index contributed by atoms with van der Waals surface area (Å²) >= 11 is 0. The number of halogens is 1. The normalized spacial score (nSPS) is 10.6. The highest BCUT2D eigenvalue weighted by atomic mass is 19.1. The van der Waals surface area contributed by atoms with Gasteiger partial charge in [0.15, 0.2) is 0 Å². The first-order valence-corrected chi connectivity index (χ1v) is 6.76. The van der Waals surface area contributed by atoms with Gasteiger partial charge in [-0.05, 0) is 48.2 Å². The maximum absolute atomic E-state index is 13.5. The van der Waals surface area contributed by atoms with Gasteiger partial charge in [-0.3, -0.25) is 0 Å². The Bertz CT molecular complexity index is 645. The highest BCUT2D eigenvalue weighted by molar-refractivity contribution is 5.87. The summed E-state index contributed by atoms with van der Waals surface area (Å²) in [6, 6.07) is 10.5. The van der Waals surface area contributed by atoms with E-state index in [1.807, 2.05) is 18.2 Å². The number of rotatable bonds is 5. The summed E-state index contributed by atoms with van der Waals surface area (Å²) in [5.41, 5.74) is 3.48. The number of carboxylic acids is 1. The zero-order valence-electron chi connectivity index (χ0n) is 12.1. The Balaban J connectivity index is 1.98. The van der Waals surface area contributed by atoms with E-state index in [0.29, 0.717) is 24.2 Å². The molecule has 0 aliphatic carbocycles. The Labute approximate surface area is 123 Å². The lowest BCUT2D eigenvalue weighted by atomic mass is 10.1. The van der Waals surface area contributed by atoms with Gasteiger partial charge in [0.25, 0.3) is 0 Å². The summed E-state index contributed by atoms with van der Waals surface area (Å²) in [6.45, 7) is 4.68. The molecule has 0 aliphatic heterocycles. The van der Waals surface area contributed by atoms with Crippen molar-refractivity contribution in [2.45, 2.75) is 26.9 Å². The van der Waals surface area contributed by atoms with Crippen molar-refractivity contribution in [3.63, 3.8) is 0 Å². The molecule has 21 heavy (non-hydrogen) atoms. The molecule has 0 spiro atoms. The van der Waals surface area contributed by atoms with Crippen molar-refractivity contribution in [2.24, 2.45) is 0 Å². The molecule has 0 saturated carbocycles. The molecule has 2 N–H and O–H groups in total. The summed E-state index contributed by atoms with van der Waals surface area (Å²) in [5, 5.41) is 12.2. The van der Waals surface area contributed by atoms with Crippen LogP contribution in [0.3, 0.4) is 0 Å². The minimum Gasteiger partial charge on any atom is -0.478 e. The highest BCUT2D eigenvalue weighted by Gasteiger charge is 2.05. The van der Waals surface area contributed by atoms with Crippen LogP contribution in [0.5, 0.6) is 0 Å². The predicted octanol–water partition coefficient (Wildman–Crippen LogP) is 3.43. The van der Waals surface area contributed by atoms with E-state index in [0.717, 1.165) is 11.1 Å². The third kappa shape index (κ3) is 3.89. The molecule has 0 saturated heterocycles. The van der Waals surface area contributed by atoms with Gasteiger partial charge in [0.1, 0.15) is 5.82 Å². The number of aryl methyl sites for hydroxylation is 2. The van der Waals surface area contributed by atoms with E-state index < -0.39 is 5.97 Å². The van der Waals surface area contributed by atoms with Gasteiger partial charge in [-0.15, -0.1) is 0 Å². The van der Waals surface area contributed by atoms with Crippen LogP contribution >= 0.6 is 0 Å². The van der Waals surface area contributed by atoms with Crippen molar-refractivity contribution >= 4 is 5.97 Å². The minimum atomic E-state index is -0.929. The van der Waals surface area contributed by atoms with Gasteiger partial charge in [-0.25, -0.2) is 9.18 Å². The Morgan fingerprint density at radius 2 is 1.71 bits per heavy atom. The Kier molecular flexibility index (Phi) is 4.70. The minimum absolute atomic E-state index is 0.159. The van der Waals surface area contributed by atoms with E-state index in [2.05, 4.69) is 5.32 Å². The summed E-state index contributed by atoms with van der Waals surface area (Å²) in [6.07, 6.45) is 0. The second kappa shape index (κ2) is 6.50. The van der Waals surface area contributed by atoms with Crippen LogP contribution in [0.25, 0.3) is 0 Å². The van der Waals surface area contributed by atoms with Crippen molar-refractivity contribution in [2.75, 3.05) is 0 Å². The molecule has 0 heterocycles. The fraction of sp³-hybridized carbons (Fsp3) is 0.235. The molecule has 0 amide bonds. The summed E-state index contributed by atoms with van der Waals surface area (Å²) in [5.74, 6) is -1.09. The molecule has 0 radical (unpaired) electrons. The van der Waals surface area contributed by atoms with Gasteiger partial charge in [-0.2, -0.15) is 0 Å². The number of carboxylic acid groups (broad SMARTS) is 1. The van der Waals surface area contributed by atoms with Crippen LogP contribution in [0.2, 0.25) is 0 Å². The summed E-state index contributed by atoms with van der Waals surface area (Å²) in [4.78, 5) is 10.9. The van der Waals surface area contributed by atoms with Crippen LogP contribution in [-0.2, 0) is 13.1 Å². The average Bonchev–Trinajstić information content (AvgIpc) is 2.45. The topological polar surface area (TPSA) is 49.3 Å².